The summed E-state index contributed by atoms with van der Waals surface area (Å²) >= 11 is 0. The second-order valence-electron chi connectivity index (χ2n) is 8.17. The van der Waals surface area contributed by atoms with Gasteiger partial charge in [0.1, 0.15) is 6.04 Å². The summed E-state index contributed by atoms with van der Waals surface area (Å²) in [4.78, 5) is 27.1. The second-order valence-corrected chi connectivity index (χ2v) is 8.17. The molecule has 8 nitrogen and oxygen atoms in total. The monoisotopic (exact) mass is 429 g/mol. The van der Waals surface area contributed by atoms with Gasteiger partial charge in [0.25, 0.3) is 5.91 Å². The zero-order chi connectivity index (χ0) is 22.7. The number of nitrogens with one attached hydrogen (secondary N) is 1. The molecule has 1 fully saturated rings. The highest BCUT2D eigenvalue weighted by Gasteiger charge is 2.37. The van der Waals surface area contributed by atoms with Crippen LogP contribution in [0.4, 0.5) is 5.69 Å². The number of nitriles is 2. The molecule has 1 saturated heterocycles. The molecule has 2 amide bonds. The van der Waals surface area contributed by atoms with E-state index in [1.807, 2.05) is 6.07 Å². The van der Waals surface area contributed by atoms with Crippen LogP contribution in [0.3, 0.4) is 0 Å². The number of hydrogen-bond acceptors (Lipinski definition) is 6. The number of amides is 2. The third-order valence-electron chi connectivity index (χ3n) is 6.00. The highest BCUT2D eigenvalue weighted by atomic mass is 16.5. The van der Waals surface area contributed by atoms with Crippen LogP contribution in [0, 0.1) is 22.7 Å². The molecular weight excluding hydrogens is 406 g/mol. The molecule has 32 heavy (non-hydrogen) atoms. The number of ether oxygens (including phenoxy) is 1. The van der Waals surface area contributed by atoms with E-state index in [-0.39, 0.29) is 11.8 Å². The third-order valence-corrected chi connectivity index (χ3v) is 6.00. The van der Waals surface area contributed by atoms with Crippen LogP contribution in [0.5, 0.6) is 0 Å². The fourth-order valence-electron chi connectivity index (χ4n) is 4.08. The largest absolute Gasteiger partial charge is 0.381 e. The highest BCUT2D eigenvalue weighted by Crippen LogP contribution is 2.29. The van der Waals surface area contributed by atoms with E-state index in [9.17, 15) is 14.9 Å². The average molecular weight is 429 g/mol. The SMILES string of the molecule is N#Cc1cccc(N2Cc3cc(C[C@H](C#N)NC(=O)C4(N)CCOCC4)ccc3C2=O)c1. The fraction of sp³-hybridized carbons (Fsp3) is 0.333. The van der Waals surface area contributed by atoms with Crippen LogP contribution in [0.15, 0.2) is 42.5 Å². The van der Waals surface area contributed by atoms with Gasteiger partial charge in [0, 0.05) is 30.9 Å². The minimum absolute atomic E-state index is 0.128. The number of carbonyl (C=O) groups is 2. The van der Waals surface area contributed by atoms with Crippen molar-refractivity contribution < 1.29 is 14.3 Å². The zero-order valence-corrected chi connectivity index (χ0v) is 17.5. The first kappa shape index (κ1) is 21.5. The molecule has 2 aliphatic rings. The molecule has 0 aliphatic carbocycles. The lowest BCUT2D eigenvalue weighted by atomic mass is 9.90. The molecule has 3 N–H and O–H groups in total. The van der Waals surface area contributed by atoms with Crippen LogP contribution in [0.2, 0.25) is 0 Å². The molecule has 0 bridgehead atoms. The smallest absolute Gasteiger partial charge is 0.258 e. The van der Waals surface area contributed by atoms with E-state index in [2.05, 4.69) is 17.5 Å². The number of benzene rings is 2. The van der Waals surface area contributed by atoms with Crippen molar-refractivity contribution in [2.75, 3.05) is 18.1 Å². The Morgan fingerprint density at radius 3 is 2.72 bits per heavy atom. The van der Waals surface area contributed by atoms with Gasteiger partial charge in [-0.1, -0.05) is 18.2 Å². The van der Waals surface area contributed by atoms with E-state index < -0.39 is 11.6 Å². The molecule has 0 spiro atoms. The van der Waals surface area contributed by atoms with Gasteiger partial charge >= 0.3 is 0 Å². The average Bonchev–Trinajstić information content (AvgIpc) is 3.14. The first-order valence-electron chi connectivity index (χ1n) is 10.4. The van der Waals surface area contributed by atoms with Crippen LogP contribution in [-0.2, 0) is 22.5 Å². The van der Waals surface area contributed by atoms with Gasteiger partial charge in [0.15, 0.2) is 0 Å². The molecule has 0 saturated carbocycles. The highest BCUT2D eigenvalue weighted by molar-refractivity contribution is 6.10. The van der Waals surface area contributed by atoms with E-state index in [0.717, 1.165) is 11.1 Å². The summed E-state index contributed by atoms with van der Waals surface area (Å²) < 4.78 is 5.27. The number of carbonyl (C=O) groups excluding carboxylic acids is 2. The van der Waals surface area contributed by atoms with E-state index >= 15 is 0 Å². The summed E-state index contributed by atoms with van der Waals surface area (Å²) in [5, 5.41) is 21.5. The molecular formula is C24H23N5O3. The van der Waals surface area contributed by atoms with Gasteiger partial charge < -0.3 is 20.7 Å². The Balaban J connectivity index is 1.47. The summed E-state index contributed by atoms with van der Waals surface area (Å²) in [7, 11) is 0. The molecule has 2 heterocycles. The maximum absolute atomic E-state index is 12.9. The number of anilines is 1. The van der Waals surface area contributed by atoms with E-state index in [1.165, 1.54) is 0 Å². The lowest BCUT2D eigenvalue weighted by Gasteiger charge is -2.32. The molecule has 1 atom stereocenters. The molecule has 0 aromatic heterocycles. The van der Waals surface area contributed by atoms with Gasteiger partial charge in [-0.15, -0.1) is 0 Å². The third kappa shape index (κ3) is 4.19. The lowest BCUT2D eigenvalue weighted by molar-refractivity contribution is -0.130. The fourth-order valence-corrected chi connectivity index (χ4v) is 4.08. The normalized spacial score (nSPS) is 17.7. The second kappa shape index (κ2) is 8.80. The molecule has 162 valence electrons. The number of hydrogen-bond donors (Lipinski definition) is 2. The van der Waals surface area contributed by atoms with Gasteiger partial charge in [0.2, 0.25) is 5.91 Å². The van der Waals surface area contributed by atoms with Crippen LogP contribution in [-0.4, -0.2) is 36.6 Å². The summed E-state index contributed by atoms with van der Waals surface area (Å²) in [6.45, 7) is 1.23. The van der Waals surface area contributed by atoms with Crippen LogP contribution < -0.4 is 16.0 Å². The topological polar surface area (TPSA) is 132 Å². The van der Waals surface area contributed by atoms with Gasteiger partial charge in [0.05, 0.1) is 29.8 Å². The summed E-state index contributed by atoms with van der Waals surface area (Å²) in [5.74, 6) is -0.469. The first-order chi connectivity index (χ1) is 15.4. The van der Waals surface area contributed by atoms with Gasteiger partial charge in [-0.25, -0.2) is 0 Å². The summed E-state index contributed by atoms with van der Waals surface area (Å²) in [5.41, 5.74) is 8.63. The van der Waals surface area contributed by atoms with Crippen LogP contribution in [0.1, 0.15) is 39.9 Å². The van der Waals surface area contributed by atoms with E-state index in [0.29, 0.717) is 55.8 Å². The minimum atomic E-state index is -1.02. The molecule has 2 aromatic rings. The Bertz CT molecular complexity index is 1140. The number of rotatable bonds is 5. The number of nitrogens with two attached hydrogens (primary N) is 1. The van der Waals surface area contributed by atoms with Crippen molar-refractivity contribution in [1.82, 2.24) is 5.32 Å². The van der Waals surface area contributed by atoms with Gasteiger partial charge in [-0.3, -0.25) is 9.59 Å². The number of fused-ring (bicyclic) bond motifs is 1. The van der Waals surface area contributed by atoms with Gasteiger partial charge in [-0.05, 0) is 48.2 Å². The Hall–Kier alpha value is -3.72. The van der Waals surface area contributed by atoms with Gasteiger partial charge in [-0.2, -0.15) is 10.5 Å². The molecule has 2 aliphatic heterocycles. The van der Waals surface area contributed by atoms with Crippen molar-refractivity contribution >= 4 is 17.5 Å². The Morgan fingerprint density at radius 2 is 2.00 bits per heavy atom. The number of nitrogens with zero attached hydrogens (tertiary/aromatic N) is 3. The molecule has 0 unspecified atom stereocenters. The maximum Gasteiger partial charge on any atom is 0.258 e. The zero-order valence-electron chi connectivity index (χ0n) is 17.5. The Morgan fingerprint density at radius 1 is 1.22 bits per heavy atom. The van der Waals surface area contributed by atoms with E-state index in [1.54, 1.807) is 41.3 Å². The van der Waals surface area contributed by atoms with Crippen molar-refractivity contribution in [2.24, 2.45) is 5.73 Å². The van der Waals surface area contributed by atoms with Crippen molar-refractivity contribution in [2.45, 2.75) is 37.4 Å². The first-order valence-corrected chi connectivity index (χ1v) is 10.4. The quantitative estimate of drug-likeness (QED) is 0.744. The predicted octanol–water partition coefficient (Wildman–Crippen LogP) is 1.78. The van der Waals surface area contributed by atoms with Crippen molar-refractivity contribution in [3.8, 4) is 12.1 Å². The molecule has 4 rings (SSSR count). The van der Waals surface area contributed by atoms with Crippen LogP contribution in [0.25, 0.3) is 0 Å². The molecule has 2 aromatic carbocycles. The summed E-state index contributed by atoms with van der Waals surface area (Å²) in [6, 6.07) is 15.9. The predicted molar refractivity (Wildman–Crippen MR) is 116 cm³/mol. The molecule has 0 radical (unpaired) electrons. The molecule has 8 heteroatoms. The van der Waals surface area contributed by atoms with Crippen molar-refractivity contribution in [3.63, 3.8) is 0 Å². The van der Waals surface area contributed by atoms with E-state index in [4.69, 9.17) is 15.7 Å². The van der Waals surface area contributed by atoms with Crippen LogP contribution >= 0.6 is 0 Å². The van der Waals surface area contributed by atoms with Crippen molar-refractivity contribution in [3.05, 3.63) is 64.7 Å². The minimum Gasteiger partial charge on any atom is -0.381 e. The lowest BCUT2D eigenvalue weighted by Crippen LogP contribution is -2.58. The Labute approximate surface area is 186 Å². The Kier molecular flexibility index (Phi) is 5.91. The standard InChI is InChI=1S/C24H23N5O3/c25-13-17-2-1-3-20(12-17)29-15-18-10-16(4-5-21(18)22(29)30)11-19(14-26)28-23(31)24(27)6-8-32-9-7-24/h1-5,10,12,19H,6-9,11,15,27H2,(H,28,31)/t19-/m1/s1. The summed E-state index contributed by atoms with van der Waals surface area (Å²) in [6.07, 6.45) is 1.14. The van der Waals surface area contributed by atoms with Crippen molar-refractivity contribution in [1.29, 1.82) is 10.5 Å². The maximum atomic E-state index is 12.9.